The molecule has 3 rings (SSSR count). The molecule has 0 saturated carbocycles. The van der Waals surface area contributed by atoms with Gasteiger partial charge < -0.3 is 19.2 Å². The van der Waals surface area contributed by atoms with Gasteiger partial charge in [-0.05, 0) is 32.9 Å². The predicted octanol–water partition coefficient (Wildman–Crippen LogP) is 1.30. The Morgan fingerprint density at radius 2 is 2.07 bits per heavy atom. The molecule has 1 aliphatic heterocycles. The Morgan fingerprint density at radius 1 is 1.36 bits per heavy atom. The van der Waals surface area contributed by atoms with E-state index in [4.69, 9.17) is 4.42 Å². The summed E-state index contributed by atoms with van der Waals surface area (Å²) in [6, 6.07) is 2.44. The molecule has 0 radical (unpaired) electrons. The van der Waals surface area contributed by atoms with E-state index in [1.807, 2.05) is 17.8 Å². The Balaban J connectivity index is 0.00000280. The molecule has 1 amide bonds. The van der Waals surface area contributed by atoms with Crippen molar-refractivity contribution in [1.29, 1.82) is 0 Å². The van der Waals surface area contributed by atoms with Crippen molar-refractivity contribution < 1.29 is 17.6 Å². The third-order valence-electron chi connectivity index (χ3n) is 4.16. The number of aryl methyl sites for hydroxylation is 1. The number of furan rings is 1. The minimum Gasteiger partial charge on any atom is -0.438 e. The van der Waals surface area contributed by atoms with E-state index in [9.17, 15) is 13.2 Å². The highest BCUT2D eigenvalue weighted by molar-refractivity contribution is 7.89. The molecule has 0 bridgehead atoms. The number of sulfonamides is 1. The van der Waals surface area contributed by atoms with Crippen LogP contribution in [0.5, 0.6) is 0 Å². The van der Waals surface area contributed by atoms with E-state index < -0.39 is 15.6 Å². The summed E-state index contributed by atoms with van der Waals surface area (Å²) in [7, 11) is -1.97. The van der Waals surface area contributed by atoms with E-state index >= 15 is 0 Å². The molecule has 0 aromatic carbocycles. The number of nitrogens with one attached hydrogen (secondary N) is 2. The topological polar surface area (TPSA) is 109 Å². The summed E-state index contributed by atoms with van der Waals surface area (Å²) in [4.78, 5) is 19.0. The first-order chi connectivity index (χ1) is 12.6. The van der Waals surface area contributed by atoms with Crippen molar-refractivity contribution in [3.05, 3.63) is 36.1 Å². The zero-order chi connectivity index (χ0) is 19.8. The third-order valence-corrected chi connectivity index (χ3v) is 5.79. The number of nitrogens with zero attached hydrogens (tertiary/aromatic N) is 3. The molecule has 156 valence electrons. The summed E-state index contributed by atoms with van der Waals surface area (Å²) in [5, 5.41) is 2.98. The Morgan fingerprint density at radius 3 is 2.68 bits per heavy atom. The number of imidazole rings is 1. The van der Waals surface area contributed by atoms with Crippen molar-refractivity contribution in [3.8, 4) is 0 Å². The van der Waals surface area contributed by atoms with E-state index in [1.165, 1.54) is 12.1 Å². The van der Waals surface area contributed by atoms with Crippen molar-refractivity contribution in [2.75, 3.05) is 19.6 Å². The summed E-state index contributed by atoms with van der Waals surface area (Å²) in [5.74, 6) is 0.386. The Labute approximate surface area is 171 Å². The predicted molar refractivity (Wildman–Crippen MR) is 106 cm³/mol. The van der Waals surface area contributed by atoms with Gasteiger partial charge >= 0.3 is 0 Å². The van der Waals surface area contributed by atoms with E-state index in [0.717, 1.165) is 5.82 Å². The van der Waals surface area contributed by atoms with Crippen molar-refractivity contribution in [2.24, 2.45) is 7.05 Å². The van der Waals surface area contributed by atoms with Gasteiger partial charge in [0.15, 0.2) is 5.76 Å². The van der Waals surface area contributed by atoms with Gasteiger partial charge in [-0.15, -0.1) is 12.4 Å². The van der Waals surface area contributed by atoms with Gasteiger partial charge in [0.1, 0.15) is 11.9 Å². The van der Waals surface area contributed by atoms with Gasteiger partial charge in [0.25, 0.3) is 15.9 Å². The molecule has 1 fully saturated rings. The normalized spacial score (nSPS) is 18.0. The van der Waals surface area contributed by atoms with E-state index in [-0.39, 0.29) is 35.2 Å². The molecular weight excluding hydrogens is 406 g/mol. The molecule has 0 spiro atoms. The number of amides is 1. The molecule has 28 heavy (non-hydrogen) atoms. The number of aromatic nitrogens is 2. The lowest BCUT2D eigenvalue weighted by atomic mass is 10.1. The molecule has 0 aliphatic carbocycles. The average molecular weight is 432 g/mol. The molecule has 11 heteroatoms. The van der Waals surface area contributed by atoms with Crippen LogP contribution in [-0.2, 0) is 17.1 Å². The molecule has 9 nitrogen and oxygen atoms in total. The monoisotopic (exact) mass is 431 g/mol. The van der Waals surface area contributed by atoms with Gasteiger partial charge in [-0.25, -0.2) is 18.1 Å². The zero-order valence-electron chi connectivity index (χ0n) is 16.3. The van der Waals surface area contributed by atoms with E-state index in [2.05, 4.69) is 15.0 Å². The van der Waals surface area contributed by atoms with Crippen molar-refractivity contribution in [2.45, 2.75) is 37.4 Å². The van der Waals surface area contributed by atoms with Gasteiger partial charge in [-0.3, -0.25) is 4.79 Å². The van der Waals surface area contributed by atoms with Crippen LogP contribution in [0.1, 0.15) is 43.2 Å². The number of halogens is 1. The van der Waals surface area contributed by atoms with Crippen LogP contribution < -0.4 is 10.0 Å². The second kappa shape index (κ2) is 8.24. The van der Waals surface area contributed by atoms with E-state index in [1.54, 1.807) is 31.9 Å². The SMILES string of the molecule is Cl.Cn1ccnc1C1CNCCN1C(=O)c1ccc(S(=O)(=O)NC(C)(C)C)o1. The van der Waals surface area contributed by atoms with Gasteiger partial charge in [0, 0.05) is 44.6 Å². The van der Waals surface area contributed by atoms with Crippen molar-refractivity contribution in [3.63, 3.8) is 0 Å². The number of rotatable bonds is 4. The van der Waals surface area contributed by atoms with Crippen LogP contribution in [0.2, 0.25) is 0 Å². The van der Waals surface area contributed by atoms with Crippen LogP contribution in [-0.4, -0.2) is 53.9 Å². The molecule has 1 saturated heterocycles. The second-order valence-electron chi connectivity index (χ2n) is 7.59. The van der Waals surface area contributed by atoms with Crippen molar-refractivity contribution in [1.82, 2.24) is 24.5 Å². The van der Waals surface area contributed by atoms with Gasteiger partial charge in [-0.1, -0.05) is 0 Å². The first-order valence-electron chi connectivity index (χ1n) is 8.71. The standard InChI is InChI=1S/C17H25N5O4S.ClH/c1-17(2,3)20-27(24,25)14-6-5-13(26-14)16(23)22-10-7-18-11-12(22)15-19-8-9-21(15)4;/h5-6,8-9,12,18,20H,7,10-11H2,1-4H3;1H. The molecule has 1 unspecified atom stereocenters. The maximum atomic E-state index is 13.0. The number of carbonyl (C=O) groups excluding carboxylic acids is 1. The van der Waals surface area contributed by atoms with E-state index in [0.29, 0.717) is 19.6 Å². The highest BCUT2D eigenvalue weighted by atomic mass is 35.5. The molecule has 2 N–H and O–H groups in total. The Kier molecular flexibility index (Phi) is 6.59. The van der Waals surface area contributed by atoms with Crippen LogP contribution in [0.3, 0.4) is 0 Å². The maximum absolute atomic E-state index is 13.0. The smallest absolute Gasteiger partial charge is 0.290 e. The minimum absolute atomic E-state index is 0. The molecular formula is C17H26ClN5O4S. The second-order valence-corrected chi connectivity index (χ2v) is 9.20. The number of hydrogen-bond acceptors (Lipinski definition) is 6. The lowest BCUT2D eigenvalue weighted by Crippen LogP contribution is -2.49. The Hall–Kier alpha value is -1.88. The largest absolute Gasteiger partial charge is 0.438 e. The summed E-state index contributed by atoms with van der Waals surface area (Å²) in [6.45, 7) is 6.88. The number of carbonyl (C=O) groups is 1. The molecule has 3 heterocycles. The quantitative estimate of drug-likeness (QED) is 0.755. The highest BCUT2D eigenvalue weighted by Gasteiger charge is 2.33. The molecule has 1 atom stereocenters. The van der Waals surface area contributed by atoms with Crippen LogP contribution in [0.4, 0.5) is 0 Å². The average Bonchev–Trinajstić information content (AvgIpc) is 3.21. The fourth-order valence-electron chi connectivity index (χ4n) is 3.05. The lowest BCUT2D eigenvalue weighted by Gasteiger charge is -2.35. The van der Waals surface area contributed by atoms with Gasteiger partial charge in [-0.2, -0.15) is 0 Å². The maximum Gasteiger partial charge on any atom is 0.290 e. The number of piperazine rings is 1. The zero-order valence-corrected chi connectivity index (χ0v) is 17.9. The summed E-state index contributed by atoms with van der Waals surface area (Å²) < 4.78 is 34.6. The van der Waals surface area contributed by atoms with Gasteiger partial charge in [0.05, 0.1) is 0 Å². The summed E-state index contributed by atoms with van der Waals surface area (Å²) in [5.41, 5.74) is -0.655. The van der Waals surface area contributed by atoms with Gasteiger partial charge in [0.2, 0.25) is 5.09 Å². The van der Waals surface area contributed by atoms with Crippen LogP contribution in [0.15, 0.2) is 34.0 Å². The molecule has 1 aliphatic rings. The fraction of sp³-hybridized carbons (Fsp3) is 0.529. The Bertz CT molecular complexity index is 931. The highest BCUT2D eigenvalue weighted by Crippen LogP contribution is 2.24. The fourth-order valence-corrected chi connectivity index (χ4v) is 4.40. The lowest BCUT2D eigenvalue weighted by molar-refractivity contribution is 0.0582. The third kappa shape index (κ3) is 4.75. The summed E-state index contributed by atoms with van der Waals surface area (Å²) >= 11 is 0. The van der Waals surface area contributed by atoms with Crippen LogP contribution >= 0.6 is 12.4 Å². The first-order valence-corrected chi connectivity index (χ1v) is 10.2. The minimum atomic E-state index is -3.84. The molecule has 2 aromatic heterocycles. The molecule has 2 aromatic rings. The van der Waals surface area contributed by atoms with Crippen LogP contribution in [0, 0.1) is 0 Å². The number of hydrogen-bond donors (Lipinski definition) is 2. The first kappa shape index (κ1) is 22.4. The van der Waals surface area contributed by atoms with Crippen molar-refractivity contribution >= 4 is 28.3 Å². The van der Waals surface area contributed by atoms with Crippen LogP contribution in [0.25, 0.3) is 0 Å². The summed E-state index contributed by atoms with van der Waals surface area (Å²) in [6.07, 6.45) is 3.50.